The third kappa shape index (κ3) is 3.34. The van der Waals surface area contributed by atoms with Crippen LogP contribution in [0, 0.1) is 23.7 Å². The van der Waals surface area contributed by atoms with Crippen LogP contribution < -0.4 is 0 Å². The molecule has 0 aliphatic heterocycles. The first-order valence-electron chi connectivity index (χ1n) is 7.41. The Bertz CT molecular complexity index is 273. The zero-order chi connectivity index (χ0) is 12.4. The van der Waals surface area contributed by atoms with Gasteiger partial charge in [-0.3, -0.25) is 0 Å². The quantitative estimate of drug-likeness (QED) is 0.714. The van der Waals surface area contributed by atoms with Crippen LogP contribution in [0.1, 0.15) is 59.3 Å². The normalized spacial score (nSPS) is 40.8. The Kier molecular flexibility index (Phi) is 4.30. The van der Waals surface area contributed by atoms with Gasteiger partial charge >= 0.3 is 0 Å². The van der Waals surface area contributed by atoms with E-state index in [2.05, 4.69) is 26.8 Å². The lowest BCUT2D eigenvalue weighted by Crippen LogP contribution is -2.34. The average molecular weight is 236 g/mol. The van der Waals surface area contributed by atoms with Crippen LogP contribution in [0.5, 0.6) is 0 Å². The molecule has 0 amide bonds. The van der Waals surface area contributed by atoms with E-state index in [-0.39, 0.29) is 6.10 Å². The summed E-state index contributed by atoms with van der Waals surface area (Å²) >= 11 is 0. The molecule has 0 radical (unpaired) electrons. The Hall–Kier alpha value is -0.300. The number of rotatable bonds is 2. The first-order chi connectivity index (χ1) is 8.06. The van der Waals surface area contributed by atoms with Crippen molar-refractivity contribution >= 4 is 0 Å². The molecular formula is C16H28O. The largest absolute Gasteiger partial charge is 0.393 e. The molecule has 2 rings (SSSR count). The monoisotopic (exact) mass is 236 g/mol. The maximum atomic E-state index is 10.6. The van der Waals surface area contributed by atoms with Gasteiger partial charge in [0.25, 0.3) is 0 Å². The third-order valence-electron chi connectivity index (χ3n) is 4.85. The summed E-state index contributed by atoms with van der Waals surface area (Å²) in [6, 6.07) is 0. The van der Waals surface area contributed by atoms with Gasteiger partial charge in [0.05, 0.1) is 6.10 Å². The number of hydrogen-bond acceptors (Lipinski definition) is 1. The smallest absolute Gasteiger partial charge is 0.0599 e. The molecule has 0 saturated heterocycles. The molecule has 3 atom stereocenters. The zero-order valence-corrected chi connectivity index (χ0v) is 11.7. The molecule has 1 nitrogen and oxygen atoms in total. The maximum Gasteiger partial charge on any atom is 0.0599 e. The van der Waals surface area contributed by atoms with E-state index in [1.54, 1.807) is 0 Å². The fourth-order valence-corrected chi connectivity index (χ4v) is 3.87. The molecule has 0 bridgehead atoms. The van der Waals surface area contributed by atoms with Crippen LogP contribution in [0.15, 0.2) is 11.6 Å². The molecule has 98 valence electrons. The van der Waals surface area contributed by atoms with Gasteiger partial charge in [0.1, 0.15) is 0 Å². The van der Waals surface area contributed by atoms with Gasteiger partial charge in [-0.25, -0.2) is 0 Å². The summed E-state index contributed by atoms with van der Waals surface area (Å²) in [6.07, 6.45) is 9.77. The number of aliphatic hydroxyl groups is 1. The van der Waals surface area contributed by atoms with Crippen molar-refractivity contribution in [3.05, 3.63) is 11.6 Å². The molecule has 0 heterocycles. The highest BCUT2D eigenvalue weighted by molar-refractivity contribution is 5.07. The van der Waals surface area contributed by atoms with Crippen LogP contribution in [0.2, 0.25) is 0 Å². The van der Waals surface area contributed by atoms with Crippen molar-refractivity contribution in [1.29, 1.82) is 0 Å². The molecule has 0 aromatic carbocycles. The van der Waals surface area contributed by atoms with E-state index < -0.39 is 0 Å². The molecule has 2 aliphatic rings. The molecule has 2 aliphatic carbocycles. The topological polar surface area (TPSA) is 20.2 Å². The SMILES string of the molecule is CC1=CC(C)CC(C(O)C2CCC(C)CC2)C1. The van der Waals surface area contributed by atoms with Gasteiger partial charge in [-0.15, -0.1) is 0 Å². The Morgan fingerprint density at radius 1 is 1.12 bits per heavy atom. The highest BCUT2D eigenvalue weighted by atomic mass is 16.3. The molecular weight excluding hydrogens is 208 g/mol. The summed E-state index contributed by atoms with van der Waals surface area (Å²) in [5.74, 6) is 2.64. The third-order valence-corrected chi connectivity index (χ3v) is 4.85. The summed E-state index contributed by atoms with van der Waals surface area (Å²) in [5, 5.41) is 10.6. The van der Waals surface area contributed by atoms with Crippen molar-refractivity contribution in [2.24, 2.45) is 23.7 Å². The molecule has 0 aromatic rings. The molecule has 3 unspecified atom stereocenters. The molecule has 0 aromatic heterocycles. The predicted octanol–water partition coefficient (Wildman–Crippen LogP) is 4.17. The maximum absolute atomic E-state index is 10.6. The minimum absolute atomic E-state index is 0.0476. The van der Waals surface area contributed by atoms with Crippen molar-refractivity contribution in [2.45, 2.75) is 65.4 Å². The van der Waals surface area contributed by atoms with E-state index in [9.17, 15) is 5.11 Å². The fraction of sp³-hybridized carbons (Fsp3) is 0.875. The van der Waals surface area contributed by atoms with E-state index in [0.29, 0.717) is 17.8 Å². The number of hydrogen-bond donors (Lipinski definition) is 1. The first kappa shape index (κ1) is 13.1. The lowest BCUT2D eigenvalue weighted by Gasteiger charge is -2.37. The Morgan fingerprint density at radius 2 is 1.76 bits per heavy atom. The Balaban J connectivity index is 1.91. The summed E-state index contributed by atoms with van der Waals surface area (Å²) in [6.45, 7) is 6.85. The second kappa shape index (κ2) is 5.56. The number of aliphatic hydroxyl groups excluding tert-OH is 1. The summed E-state index contributed by atoms with van der Waals surface area (Å²) < 4.78 is 0. The van der Waals surface area contributed by atoms with Crippen LogP contribution in [0.3, 0.4) is 0 Å². The fourth-order valence-electron chi connectivity index (χ4n) is 3.87. The van der Waals surface area contributed by atoms with Gasteiger partial charge in [-0.2, -0.15) is 0 Å². The molecule has 1 heteroatoms. The van der Waals surface area contributed by atoms with Gasteiger partial charge in [-0.1, -0.05) is 38.3 Å². The Labute approximate surface area is 106 Å². The van der Waals surface area contributed by atoms with Gasteiger partial charge in [0, 0.05) is 0 Å². The lowest BCUT2D eigenvalue weighted by molar-refractivity contribution is 0.0184. The molecule has 1 saturated carbocycles. The Morgan fingerprint density at radius 3 is 2.35 bits per heavy atom. The summed E-state index contributed by atoms with van der Waals surface area (Å²) in [7, 11) is 0. The minimum atomic E-state index is -0.0476. The van der Waals surface area contributed by atoms with Gasteiger partial charge in [0.15, 0.2) is 0 Å². The molecule has 1 fully saturated rings. The molecule has 1 N–H and O–H groups in total. The van der Waals surface area contributed by atoms with Crippen LogP contribution in [0.4, 0.5) is 0 Å². The van der Waals surface area contributed by atoms with E-state index in [0.717, 1.165) is 12.3 Å². The first-order valence-corrected chi connectivity index (χ1v) is 7.41. The average Bonchev–Trinajstić information content (AvgIpc) is 2.28. The predicted molar refractivity (Wildman–Crippen MR) is 72.8 cm³/mol. The van der Waals surface area contributed by atoms with Crippen LogP contribution in [0.25, 0.3) is 0 Å². The summed E-state index contributed by atoms with van der Waals surface area (Å²) in [5.41, 5.74) is 1.48. The van der Waals surface area contributed by atoms with Gasteiger partial charge in [0.2, 0.25) is 0 Å². The highest BCUT2D eigenvalue weighted by Crippen LogP contribution is 2.38. The zero-order valence-electron chi connectivity index (χ0n) is 11.7. The van der Waals surface area contributed by atoms with Crippen molar-refractivity contribution in [3.63, 3.8) is 0 Å². The lowest BCUT2D eigenvalue weighted by atomic mass is 9.72. The van der Waals surface area contributed by atoms with Crippen molar-refractivity contribution < 1.29 is 5.11 Å². The highest BCUT2D eigenvalue weighted by Gasteiger charge is 2.32. The van der Waals surface area contributed by atoms with Crippen molar-refractivity contribution in [3.8, 4) is 0 Å². The second-order valence-corrected chi connectivity index (χ2v) is 6.70. The molecule has 17 heavy (non-hydrogen) atoms. The van der Waals surface area contributed by atoms with E-state index >= 15 is 0 Å². The van der Waals surface area contributed by atoms with E-state index in [4.69, 9.17) is 0 Å². The van der Waals surface area contributed by atoms with E-state index in [1.807, 2.05) is 0 Å². The molecule has 0 spiro atoms. The minimum Gasteiger partial charge on any atom is -0.393 e. The van der Waals surface area contributed by atoms with Gasteiger partial charge in [-0.05, 0) is 56.3 Å². The van der Waals surface area contributed by atoms with Crippen LogP contribution in [-0.4, -0.2) is 11.2 Å². The van der Waals surface area contributed by atoms with Crippen LogP contribution in [-0.2, 0) is 0 Å². The van der Waals surface area contributed by atoms with Crippen molar-refractivity contribution in [2.75, 3.05) is 0 Å². The summed E-state index contributed by atoms with van der Waals surface area (Å²) in [4.78, 5) is 0. The number of allylic oxidation sites excluding steroid dienone is 2. The van der Waals surface area contributed by atoms with Crippen LogP contribution >= 0.6 is 0 Å². The second-order valence-electron chi connectivity index (χ2n) is 6.70. The standard InChI is InChI=1S/C16H28O/c1-11-4-6-14(7-5-11)16(17)15-9-12(2)8-13(3)10-15/h8,11-12,14-17H,4-7,9-10H2,1-3H3. The van der Waals surface area contributed by atoms with Crippen molar-refractivity contribution in [1.82, 2.24) is 0 Å². The van der Waals surface area contributed by atoms with E-state index in [1.165, 1.54) is 37.7 Å². The van der Waals surface area contributed by atoms with Gasteiger partial charge < -0.3 is 5.11 Å².